The molecule has 164 valence electrons. The fourth-order valence-corrected chi connectivity index (χ4v) is 4.18. The molecule has 1 aliphatic rings. The molecule has 1 N–H and O–H groups in total. The molecule has 0 bridgehead atoms. The van der Waals surface area contributed by atoms with Crippen molar-refractivity contribution in [3.8, 4) is 0 Å². The average molecular weight is 426 g/mol. The molecule has 1 atom stereocenters. The van der Waals surface area contributed by atoms with Crippen LogP contribution >= 0.6 is 0 Å². The molecule has 1 fully saturated rings. The summed E-state index contributed by atoms with van der Waals surface area (Å²) in [6.45, 7) is 9.57. The van der Waals surface area contributed by atoms with Crippen LogP contribution in [0.5, 0.6) is 0 Å². The fraction of sp³-hybridized carbons (Fsp3) is 0.667. The van der Waals surface area contributed by atoms with E-state index in [-0.39, 0.29) is 22.6 Å². The summed E-state index contributed by atoms with van der Waals surface area (Å²) < 4.78 is 31.5. The number of carbonyl (C=O) groups is 1. The van der Waals surface area contributed by atoms with E-state index in [0.29, 0.717) is 6.42 Å². The van der Waals surface area contributed by atoms with Gasteiger partial charge in [0.2, 0.25) is 5.91 Å². The van der Waals surface area contributed by atoms with Gasteiger partial charge in [-0.1, -0.05) is 26.0 Å². The molecule has 1 aromatic rings. The number of amides is 1. The molecule has 1 heterocycles. The Hall–Kier alpha value is -1.48. The number of hydrogen-bond donors (Lipinski definition) is 1. The van der Waals surface area contributed by atoms with Crippen LogP contribution in [0.15, 0.2) is 29.2 Å². The highest BCUT2D eigenvalue weighted by Crippen LogP contribution is 2.22. The van der Waals surface area contributed by atoms with E-state index in [0.717, 1.165) is 51.3 Å². The lowest BCUT2D eigenvalue weighted by molar-refractivity contribution is -0.138. The molecular formula is C21H35N3O4S. The maximum atomic E-state index is 13.1. The van der Waals surface area contributed by atoms with E-state index in [9.17, 15) is 13.2 Å². The number of carbonyl (C=O) groups excluding carboxylic acids is 1. The van der Waals surface area contributed by atoms with E-state index in [4.69, 9.17) is 4.55 Å². The van der Waals surface area contributed by atoms with Gasteiger partial charge in [-0.15, -0.1) is 0 Å². The minimum absolute atomic E-state index is 0.126. The minimum Gasteiger partial charge on any atom is -0.340 e. The van der Waals surface area contributed by atoms with Crippen LogP contribution in [0, 0.1) is 11.8 Å². The number of piperazine rings is 1. The molecule has 2 rings (SSSR count). The van der Waals surface area contributed by atoms with E-state index in [1.807, 2.05) is 18.7 Å². The smallest absolute Gasteiger partial charge is 0.294 e. The van der Waals surface area contributed by atoms with Gasteiger partial charge in [-0.25, -0.2) is 0 Å². The van der Waals surface area contributed by atoms with Gasteiger partial charge in [-0.3, -0.25) is 14.2 Å². The number of hydrogen-bond acceptors (Lipinski definition) is 5. The van der Waals surface area contributed by atoms with Crippen molar-refractivity contribution in [1.29, 1.82) is 0 Å². The standard InChI is InChI=1S/C21H35N3O4S/c1-17(2)20(16-18-6-8-19(9-7-18)29(26,27)28)21(25)24-14-12-23(13-15-24)11-5-10-22(3)4/h6-9,17,20H,5,10-16H2,1-4H3,(H,26,27,28). The Labute approximate surface area is 175 Å². The number of benzene rings is 1. The third-order valence-electron chi connectivity index (χ3n) is 5.56. The minimum atomic E-state index is -4.20. The molecule has 1 aliphatic heterocycles. The summed E-state index contributed by atoms with van der Waals surface area (Å²) in [6, 6.07) is 6.13. The van der Waals surface area contributed by atoms with E-state index in [1.165, 1.54) is 12.1 Å². The van der Waals surface area contributed by atoms with Crippen molar-refractivity contribution in [1.82, 2.24) is 14.7 Å². The van der Waals surface area contributed by atoms with E-state index in [2.05, 4.69) is 23.9 Å². The van der Waals surface area contributed by atoms with Crippen LogP contribution in [0.2, 0.25) is 0 Å². The van der Waals surface area contributed by atoms with Gasteiger partial charge in [0.15, 0.2) is 0 Å². The van der Waals surface area contributed by atoms with Crippen molar-refractivity contribution in [2.75, 3.05) is 53.4 Å². The first-order valence-electron chi connectivity index (χ1n) is 10.3. The van der Waals surface area contributed by atoms with Gasteiger partial charge >= 0.3 is 0 Å². The molecule has 1 saturated heterocycles. The lowest BCUT2D eigenvalue weighted by atomic mass is 9.87. The Kier molecular flexibility index (Phi) is 8.63. The zero-order valence-corrected chi connectivity index (χ0v) is 18.9. The van der Waals surface area contributed by atoms with Crippen LogP contribution in [0.4, 0.5) is 0 Å². The summed E-state index contributed by atoms with van der Waals surface area (Å²) >= 11 is 0. The summed E-state index contributed by atoms with van der Waals surface area (Å²) in [5.41, 5.74) is 0.895. The van der Waals surface area contributed by atoms with Gasteiger partial charge in [0.05, 0.1) is 4.90 Å². The summed E-state index contributed by atoms with van der Waals surface area (Å²) in [7, 11) is -0.0327. The second-order valence-corrected chi connectivity index (χ2v) is 9.92. The summed E-state index contributed by atoms with van der Waals surface area (Å²) in [4.78, 5) is 19.6. The van der Waals surface area contributed by atoms with Crippen molar-refractivity contribution in [3.63, 3.8) is 0 Å². The Morgan fingerprint density at radius 3 is 2.17 bits per heavy atom. The molecule has 1 amide bonds. The molecule has 8 heteroatoms. The molecule has 7 nitrogen and oxygen atoms in total. The van der Waals surface area contributed by atoms with Crippen molar-refractivity contribution in [2.24, 2.45) is 11.8 Å². The Morgan fingerprint density at radius 1 is 1.10 bits per heavy atom. The number of nitrogens with zero attached hydrogens (tertiary/aromatic N) is 3. The van der Waals surface area contributed by atoms with Crippen LogP contribution in [0.1, 0.15) is 25.8 Å². The topological polar surface area (TPSA) is 81.2 Å². The van der Waals surface area contributed by atoms with Gasteiger partial charge < -0.3 is 9.80 Å². The molecule has 0 saturated carbocycles. The van der Waals surface area contributed by atoms with Gasteiger partial charge in [0.25, 0.3) is 10.1 Å². The molecule has 0 radical (unpaired) electrons. The fourth-order valence-electron chi connectivity index (χ4n) is 3.70. The predicted molar refractivity (Wildman–Crippen MR) is 114 cm³/mol. The summed E-state index contributed by atoms with van der Waals surface area (Å²) in [5, 5.41) is 0. The maximum Gasteiger partial charge on any atom is 0.294 e. The average Bonchev–Trinajstić information content (AvgIpc) is 2.65. The molecular weight excluding hydrogens is 390 g/mol. The largest absolute Gasteiger partial charge is 0.340 e. The van der Waals surface area contributed by atoms with Crippen LogP contribution in [-0.2, 0) is 21.3 Å². The first-order valence-corrected chi connectivity index (χ1v) is 11.7. The third-order valence-corrected chi connectivity index (χ3v) is 6.43. The Morgan fingerprint density at radius 2 is 1.69 bits per heavy atom. The Bertz CT molecular complexity index is 755. The van der Waals surface area contributed by atoms with E-state index >= 15 is 0 Å². The van der Waals surface area contributed by atoms with Crippen LogP contribution in [0.25, 0.3) is 0 Å². The van der Waals surface area contributed by atoms with Gasteiger partial charge in [0.1, 0.15) is 0 Å². The molecule has 0 aliphatic carbocycles. The summed E-state index contributed by atoms with van der Waals surface area (Å²) in [6.07, 6.45) is 1.69. The molecule has 1 unspecified atom stereocenters. The summed E-state index contributed by atoms with van der Waals surface area (Å²) in [5.74, 6) is 0.209. The van der Waals surface area contributed by atoms with Crippen molar-refractivity contribution < 1.29 is 17.8 Å². The molecule has 0 aromatic heterocycles. The normalized spacial score (nSPS) is 17.1. The molecule has 0 spiro atoms. The highest BCUT2D eigenvalue weighted by Gasteiger charge is 2.29. The quantitative estimate of drug-likeness (QED) is 0.608. The van der Waals surface area contributed by atoms with Crippen molar-refractivity contribution in [3.05, 3.63) is 29.8 Å². The maximum absolute atomic E-state index is 13.1. The number of rotatable bonds is 9. The predicted octanol–water partition coefficient (Wildman–Crippen LogP) is 1.84. The lowest BCUT2D eigenvalue weighted by Gasteiger charge is -2.37. The zero-order valence-electron chi connectivity index (χ0n) is 18.0. The molecule has 29 heavy (non-hydrogen) atoms. The lowest BCUT2D eigenvalue weighted by Crippen LogP contribution is -2.51. The Balaban J connectivity index is 1.93. The van der Waals surface area contributed by atoms with Gasteiger partial charge in [-0.2, -0.15) is 8.42 Å². The van der Waals surface area contributed by atoms with Crippen LogP contribution < -0.4 is 0 Å². The van der Waals surface area contributed by atoms with Gasteiger partial charge in [0, 0.05) is 32.1 Å². The van der Waals surface area contributed by atoms with Gasteiger partial charge in [-0.05, 0) is 63.6 Å². The second-order valence-electron chi connectivity index (χ2n) is 8.50. The highest BCUT2D eigenvalue weighted by atomic mass is 32.2. The van der Waals surface area contributed by atoms with Crippen LogP contribution in [0.3, 0.4) is 0 Å². The van der Waals surface area contributed by atoms with Crippen molar-refractivity contribution >= 4 is 16.0 Å². The van der Waals surface area contributed by atoms with E-state index < -0.39 is 10.1 Å². The van der Waals surface area contributed by atoms with Crippen LogP contribution in [-0.4, -0.2) is 86.9 Å². The first-order chi connectivity index (χ1) is 13.6. The van der Waals surface area contributed by atoms with E-state index in [1.54, 1.807) is 12.1 Å². The SMILES string of the molecule is CC(C)C(Cc1ccc(S(=O)(=O)O)cc1)C(=O)N1CCN(CCCN(C)C)CC1. The third kappa shape index (κ3) is 7.37. The zero-order chi connectivity index (χ0) is 21.6. The second kappa shape index (κ2) is 10.5. The highest BCUT2D eigenvalue weighted by molar-refractivity contribution is 7.85. The first kappa shape index (κ1) is 23.8. The van der Waals surface area contributed by atoms with Crippen molar-refractivity contribution in [2.45, 2.75) is 31.6 Å². The monoisotopic (exact) mass is 425 g/mol. The molecule has 1 aromatic carbocycles.